The van der Waals surface area contributed by atoms with Crippen LogP contribution in [0.1, 0.15) is 102 Å². The summed E-state index contributed by atoms with van der Waals surface area (Å²) in [6.45, 7) is 14.5. The largest absolute Gasteiger partial charge is 0.310 e. The molecule has 19 rings (SSSR count). The molecular weight excluding hydrogens is 1410 g/mol. The van der Waals surface area contributed by atoms with E-state index in [1.165, 1.54) is 111 Å². The second-order valence-electron chi connectivity index (χ2n) is 33.2. The van der Waals surface area contributed by atoms with Crippen LogP contribution < -0.4 is 14.7 Å². The number of rotatable bonds is 22. The summed E-state index contributed by atoms with van der Waals surface area (Å²) in [5.41, 5.74) is 32.4. The number of aromatic nitrogens is 1. The fourth-order valence-corrected chi connectivity index (χ4v) is 18.3. The van der Waals surface area contributed by atoms with Gasteiger partial charge >= 0.3 is 0 Å². The highest BCUT2D eigenvalue weighted by molar-refractivity contribution is 6.24. The molecule has 0 bridgehead atoms. The van der Waals surface area contributed by atoms with Crippen LogP contribution in [0.25, 0.3) is 116 Å². The van der Waals surface area contributed by atoms with E-state index in [1.54, 1.807) is 0 Å². The van der Waals surface area contributed by atoms with Crippen LogP contribution in [-0.2, 0) is 17.3 Å². The van der Waals surface area contributed by atoms with E-state index in [-0.39, 0.29) is 10.8 Å². The zero-order valence-electron chi connectivity index (χ0n) is 67.7. The molecule has 18 aromatic rings. The number of benzene rings is 17. The Labute approximate surface area is 689 Å². The zero-order chi connectivity index (χ0) is 79.1. The molecule has 1 aliphatic heterocycles. The summed E-state index contributed by atoms with van der Waals surface area (Å²) in [7, 11) is 0. The minimum absolute atomic E-state index is 0.171. The van der Waals surface area contributed by atoms with Crippen molar-refractivity contribution in [2.45, 2.75) is 97.3 Å². The van der Waals surface area contributed by atoms with Gasteiger partial charge in [-0.2, -0.15) is 0 Å². The summed E-state index contributed by atoms with van der Waals surface area (Å²) in [4.78, 5) is 7.77. The fourth-order valence-electron chi connectivity index (χ4n) is 18.3. The fraction of sp³-hybridized carbons (Fsp3) is 0.133. The quantitative estimate of drug-likeness (QED) is 0.0496. The highest BCUT2D eigenvalue weighted by Crippen LogP contribution is 2.56. The Bertz CT molecular complexity index is 6460. The minimum atomic E-state index is -0.172. The predicted octanol–water partition coefficient (Wildman–Crippen LogP) is 32.3. The van der Waals surface area contributed by atoms with Crippen LogP contribution in [0.15, 0.2) is 388 Å². The summed E-state index contributed by atoms with van der Waals surface area (Å²) in [5, 5.41) is 7.04. The number of fused-ring (bicyclic) bond motifs is 7. The van der Waals surface area contributed by atoms with E-state index in [0.717, 1.165) is 123 Å². The van der Waals surface area contributed by atoms with E-state index in [1.807, 2.05) is 0 Å². The first-order chi connectivity index (χ1) is 57.4. The van der Waals surface area contributed by atoms with Crippen LogP contribution >= 0.6 is 0 Å². The van der Waals surface area contributed by atoms with Gasteiger partial charge in [0.25, 0.3) is 0 Å². The Morgan fingerprint density at radius 3 is 0.957 bits per heavy atom. The average molecular weight is 1510 g/mol. The maximum absolute atomic E-state index is 2.62. The van der Waals surface area contributed by atoms with E-state index in [4.69, 9.17) is 0 Å². The van der Waals surface area contributed by atoms with E-state index < -0.39 is 0 Å². The number of anilines is 9. The molecule has 0 saturated carbocycles. The molecule has 2 heterocycles. The van der Waals surface area contributed by atoms with Gasteiger partial charge in [0.2, 0.25) is 0 Å². The molecule has 4 heteroatoms. The molecule has 0 aliphatic carbocycles. The van der Waals surface area contributed by atoms with Crippen molar-refractivity contribution in [2.24, 2.45) is 0 Å². The third kappa shape index (κ3) is 14.1. The second-order valence-corrected chi connectivity index (χ2v) is 33.2. The summed E-state index contributed by atoms with van der Waals surface area (Å²) in [6.07, 6.45) is 7.34. The second kappa shape index (κ2) is 31.3. The molecule has 0 fully saturated rings. The lowest BCUT2D eigenvalue weighted by Crippen LogP contribution is -2.20. The standard InChI is InChI=1S/C113H96N4/c1-7-9-67-112(3,4)92-56-62-101-104(74-92)110(114(94-57-47-84(48-58-94)78-31-17-11-18-32-78)96-43-29-45-98(76-96)116-106-63-51-86(80-35-21-13-22-36-80)69-90(106)71-91-70-87(52-64-107(91)116)81-37-23-14-24-38-81)100-61-55-93(113(5,6)68-10-8-2)75-105(100)111(101)115(95-59-49-85(50-60-95)79-33-19-12-20-34-79)97-44-30-46-99(77-97)117-108-65-53-88(82-39-25-15-26-40-82)72-102(108)103-73-89(54-66-109(103)117)83-41-27-16-28-42-83/h11-66,69-70,72-77H,7-10,67-68,71H2,1-6H3. The SMILES string of the molecule is CCCCC(C)(C)c1ccc2c(N(c3ccc(-c4ccccc4)cc3)c3cccc(-n4c5ccc(-c6ccccc6)cc5c5cc(-c6ccccc6)ccc54)c3)c3cc(C(C)(C)CCCC)ccc3c(N(c3ccc(-c4ccccc4)cc3)c3cccc(N4c5ccc(-c6ccccc6)cc5Cc5cc(-c6ccccc6)ccc54)c3)c2c1. The third-order valence-electron chi connectivity index (χ3n) is 24.8. The summed E-state index contributed by atoms with van der Waals surface area (Å²) in [6, 6.07) is 146. The van der Waals surface area contributed by atoms with Crippen molar-refractivity contribution in [1.29, 1.82) is 0 Å². The van der Waals surface area contributed by atoms with Crippen molar-refractivity contribution in [3.05, 3.63) is 411 Å². The van der Waals surface area contributed by atoms with Crippen molar-refractivity contribution >= 4 is 94.5 Å². The van der Waals surface area contributed by atoms with Crippen molar-refractivity contribution in [1.82, 2.24) is 4.57 Å². The van der Waals surface area contributed by atoms with E-state index in [9.17, 15) is 0 Å². The van der Waals surface area contributed by atoms with Crippen LogP contribution in [0.4, 0.5) is 51.2 Å². The smallest absolute Gasteiger partial charge is 0.0620 e. The molecule has 568 valence electrons. The lowest BCUT2D eigenvalue weighted by molar-refractivity contribution is 0.458. The van der Waals surface area contributed by atoms with Crippen LogP contribution in [0.5, 0.6) is 0 Å². The Kier molecular flexibility index (Phi) is 19.7. The first-order valence-corrected chi connectivity index (χ1v) is 41.9. The molecule has 0 radical (unpaired) electrons. The highest BCUT2D eigenvalue weighted by Gasteiger charge is 2.33. The topological polar surface area (TPSA) is 14.7 Å². The van der Waals surface area contributed by atoms with Crippen molar-refractivity contribution < 1.29 is 0 Å². The highest BCUT2D eigenvalue weighted by atomic mass is 15.2. The lowest BCUT2D eigenvalue weighted by Gasteiger charge is -2.36. The molecule has 117 heavy (non-hydrogen) atoms. The van der Waals surface area contributed by atoms with Gasteiger partial charge in [0, 0.05) is 84.2 Å². The molecule has 17 aromatic carbocycles. The molecule has 0 N–H and O–H groups in total. The van der Waals surface area contributed by atoms with Crippen LogP contribution in [0.2, 0.25) is 0 Å². The van der Waals surface area contributed by atoms with Gasteiger partial charge in [0.05, 0.1) is 22.4 Å². The van der Waals surface area contributed by atoms with Gasteiger partial charge in [-0.3, -0.25) is 0 Å². The molecule has 1 aromatic heterocycles. The third-order valence-corrected chi connectivity index (χ3v) is 24.8. The molecule has 0 atom stereocenters. The maximum Gasteiger partial charge on any atom is 0.0620 e. The van der Waals surface area contributed by atoms with Gasteiger partial charge in [0.1, 0.15) is 0 Å². The van der Waals surface area contributed by atoms with Crippen molar-refractivity contribution in [3.63, 3.8) is 0 Å². The van der Waals surface area contributed by atoms with Crippen LogP contribution in [0.3, 0.4) is 0 Å². The number of hydrogen-bond donors (Lipinski definition) is 0. The Hall–Kier alpha value is -13.5. The first kappa shape index (κ1) is 73.6. The van der Waals surface area contributed by atoms with Gasteiger partial charge in [-0.25, -0.2) is 0 Å². The average Bonchev–Trinajstić information content (AvgIpc) is 0.972. The van der Waals surface area contributed by atoms with Gasteiger partial charge in [-0.05, 0) is 234 Å². The summed E-state index contributed by atoms with van der Waals surface area (Å²) < 4.78 is 2.51. The molecule has 4 nitrogen and oxygen atoms in total. The predicted molar refractivity (Wildman–Crippen MR) is 500 cm³/mol. The minimum Gasteiger partial charge on any atom is -0.310 e. The zero-order valence-corrected chi connectivity index (χ0v) is 67.7. The van der Waals surface area contributed by atoms with Crippen LogP contribution in [-0.4, -0.2) is 4.57 Å². The summed E-state index contributed by atoms with van der Waals surface area (Å²) >= 11 is 0. The summed E-state index contributed by atoms with van der Waals surface area (Å²) in [5.74, 6) is 0. The monoisotopic (exact) mass is 1510 g/mol. The van der Waals surface area contributed by atoms with E-state index in [0.29, 0.717) is 0 Å². The van der Waals surface area contributed by atoms with Gasteiger partial charge < -0.3 is 19.3 Å². The number of hydrogen-bond acceptors (Lipinski definition) is 3. The Balaban J connectivity index is 0.888. The Morgan fingerprint density at radius 2 is 0.581 bits per heavy atom. The van der Waals surface area contributed by atoms with Crippen molar-refractivity contribution in [3.8, 4) is 72.4 Å². The van der Waals surface area contributed by atoms with Gasteiger partial charge in [-0.15, -0.1) is 0 Å². The molecular formula is C113H96N4. The van der Waals surface area contributed by atoms with E-state index >= 15 is 0 Å². The molecule has 0 unspecified atom stereocenters. The lowest BCUT2D eigenvalue weighted by atomic mass is 9.78. The maximum atomic E-state index is 2.62. The number of nitrogens with zero attached hydrogens (tertiary/aromatic N) is 4. The van der Waals surface area contributed by atoms with Crippen LogP contribution in [0, 0.1) is 0 Å². The Morgan fingerprint density at radius 1 is 0.256 bits per heavy atom. The molecule has 1 aliphatic rings. The van der Waals surface area contributed by atoms with Crippen molar-refractivity contribution in [2.75, 3.05) is 14.7 Å². The molecule has 0 spiro atoms. The normalized spacial score (nSPS) is 12.2. The molecule has 0 amide bonds. The van der Waals surface area contributed by atoms with Gasteiger partial charge in [-0.1, -0.05) is 334 Å². The van der Waals surface area contributed by atoms with Gasteiger partial charge in [0.15, 0.2) is 0 Å². The molecule has 0 saturated heterocycles. The first-order valence-electron chi connectivity index (χ1n) is 41.9. The van der Waals surface area contributed by atoms with E-state index in [2.05, 4.69) is 449 Å². The number of unbranched alkanes of at least 4 members (excludes halogenated alkanes) is 2.